The fourth-order valence-corrected chi connectivity index (χ4v) is 1.93. The van der Waals surface area contributed by atoms with E-state index in [1.807, 2.05) is 18.2 Å². The number of aliphatic hydroxyl groups is 1. The molecule has 6 heteroatoms. The van der Waals surface area contributed by atoms with Gasteiger partial charge in [-0.05, 0) is 25.1 Å². The quantitative estimate of drug-likeness (QED) is 0.628. The number of aliphatic hydroxyl groups excluding tert-OH is 1. The highest BCUT2D eigenvalue weighted by atomic mass is 16.6. The Balaban J connectivity index is 1.90. The number of aryl methyl sites for hydroxylation is 1. The number of benzene rings is 2. The van der Waals surface area contributed by atoms with Gasteiger partial charge in [-0.25, -0.2) is 0 Å². The molecule has 0 bridgehead atoms. The Morgan fingerprint density at radius 2 is 1.77 bits per heavy atom. The summed E-state index contributed by atoms with van der Waals surface area (Å²) in [5, 5.41) is 20.9. The summed E-state index contributed by atoms with van der Waals surface area (Å²) >= 11 is 0. The van der Waals surface area contributed by atoms with E-state index < -0.39 is 11.0 Å². The van der Waals surface area contributed by atoms with Crippen LogP contribution < -0.4 is 9.47 Å². The highest BCUT2D eigenvalue weighted by Gasteiger charge is 2.19. The maximum atomic E-state index is 11.0. The maximum absolute atomic E-state index is 11.0. The summed E-state index contributed by atoms with van der Waals surface area (Å²) in [5.74, 6) is 0.784. The van der Waals surface area contributed by atoms with Crippen molar-refractivity contribution >= 4 is 5.69 Å². The van der Waals surface area contributed by atoms with Crippen LogP contribution >= 0.6 is 0 Å². The lowest BCUT2D eigenvalue weighted by molar-refractivity contribution is -0.386. The summed E-state index contributed by atoms with van der Waals surface area (Å²) in [6.07, 6.45) is -0.889. The summed E-state index contributed by atoms with van der Waals surface area (Å²) in [6, 6.07) is 13.9. The Morgan fingerprint density at radius 3 is 2.45 bits per heavy atom. The molecule has 0 radical (unpaired) electrons. The molecule has 0 saturated heterocycles. The summed E-state index contributed by atoms with van der Waals surface area (Å²) in [7, 11) is 0. The molecule has 6 nitrogen and oxygen atoms in total. The van der Waals surface area contributed by atoms with Gasteiger partial charge in [-0.2, -0.15) is 0 Å². The fourth-order valence-electron chi connectivity index (χ4n) is 1.93. The Morgan fingerprint density at radius 1 is 1.09 bits per heavy atom. The smallest absolute Gasteiger partial charge is 0.313 e. The Labute approximate surface area is 128 Å². The Hall–Kier alpha value is -2.60. The molecule has 1 atom stereocenters. The molecule has 1 unspecified atom stereocenters. The summed E-state index contributed by atoms with van der Waals surface area (Å²) < 4.78 is 10.8. The van der Waals surface area contributed by atoms with Gasteiger partial charge in [0.15, 0.2) is 5.75 Å². The van der Waals surface area contributed by atoms with Crippen LogP contribution in [0.3, 0.4) is 0 Å². The van der Waals surface area contributed by atoms with Gasteiger partial charge in [0.05, 0.1) is 4.92 Å². The number of hydrogen-bond acceptors (Lipinski definition) is 5. The third-order valence-electron chi connectivity index (χ3n) is 3.00. The van der Waals surface area contributed by atoms with E-state index in [2.05, 4.69) is 0 Å². The van der Waals surface area contributed by atoms with Crippen LogP contribution in [-0.4, -0.2) is 29.3 Å². The molecule has 2 rings (SSSR count). The third kappa shape index (κ3) is 4.20. The van der Waals surface area contributed by atoms with E-state index in [0.717, 1.165) is 0 Å². The highest BCUT2D eigenvalue weighted by Crippen LogP contribution is 2.30. The van der Waals surface area contributed by atoms with Crippen LogP contribution in [0.1, 0.15) is 5.56 Å². The topological polar surface area (TPSA) is 81.8 Å². The normalized spacial score (nSPS) is 11.7. The van der Waals surface area contributed by atoms with Gasteiger partial charge in [-0.15, -0.1) is 0 Å². The van der Waals surface area contributed by atoms with Gasteiger partial charge in [0.2, 0.25) is 0 Å². The molecule has 2 aromatic carbocycles. The second kappa shape index (κ2) is 7.42. The number of ether oxygens (including phenoxy) is 2. The SMILES string of the molecule is Cc1cccc(OCC(O)COc2ccccc2)c1[N+](=O)[O-]. The van der Waals surface area contributed by atoms with Crippen LogP contribution in [0.15, 0.2) is 48.5 Å². The van der Waals surface area contributed by atoms with Gasteiger partial charge in [-0.3, -0.25) is 10.1 Å². The van der Waals surface area contributed by atoms with Crippen molar-refractivity contribution in [3.63, 3.8) is 0 Å². The predicted molar refractivity (Wildman–Crippen MR) is 81.3 cm³/mol. The fraction of sp³-hybridized carbons (Fsp3) is 0.250. The Kier molecular flexibility index (Phi) is 5.32. The Bertz CT molecular complexity index is 630. The lowest BCUT2D eigenvalue weighted by atomic mass is 10.2. The van der Waals surface area contributed by atoms with Gasteiger partial charge in [0.1, 0.15) is 25.1 Å². The molecule has 0 aliphatic heterocycles. The molecule has 2 aromatic rings. The molecule has 0 saturated carbocycles. The van der Waals surface area contributed by atoms with Crippen molar-refractivity contribution in [1.82, 2.24) is 0 Å². The van der Waals surface area contributed by atoms with E-state index in [1.54, 1.807) is 31.2 Å². The van der Waals surface area contributed by atoms with Gasteiger partial charge in [0, 0.05) is 5.56 Å². The van der Waals surface area contributed by atoms with Crippen LogP contribution in [0.5, 0.6) is 11.5 Å². The molecule has 0 amide bonds. The number of nitrogens with zero attached hydrogens (tertiary/aromatic N) is 1. The third-order valence-corrected chi connectivity index (χ3v) is 3.00. The van der Waals surface area contributed by atoms with Crippen molar-refractivity contribution in [2.75, 3.05) is 13.2 Å². The largest absolute Gasteiger partial charge is 0.491 e. The molecule has 0 aliphatic carbocycles. The number of para-hydroxylation sites is 2. The zero-order valence-electron chi connectivity index (χ0n) is 12.1. The molecular formula is C16H17NO5. The summed E-state index contributed by atoms with van der Waals surface area (Å²) in [6.45, 7) is 1.60. The van der Waals surface area contributed by atoms with Crippen LogP contribution in [0.4, 0.5) is 5.69 Å². The van der Waals surface area contributed by atoms with E-state index in [-0.39, 0.29) is 24.7 Å². The second-order valence-electron chi connectivity index (χ2n) is 4.77. The minimum atomic E-state index is -0.889. The van der Waals surface area contributed by atoms with Gasteiger partial charge in [0.25, 0.3) is 0 Å². The van der Waals surface area contributed by atoms with E-state index in [9.17, 15) is 15.2 Å². The molecule has 0 fully saturated rings. The van der Waals surface area contributed by atoms with Crippen LogP contribution in [0.25, 0.3) is 0 Å². The number of rotatable bonds is 7. The number of nitro groups is 1. The predicted octanol–water partition coefficient (Wildman–Crippen LogP) is 2.72. The lowest BCUT2D eigenvalue weighted by Gasteiger charge is -2.14. The minimum Gasteiger partial charge on any atom is -0.491 e. The van der Waals surface area contributed by atoms with E-state index in [4.69, 9.17) is 9.47 Å². The molecule has 116 valence electrons. The first-order chi connectivity index (χ1) is 10.6. The molecule has 1 N–H and O–H groups in total. The van der Waals surface area contributed by atoms with Crippen molar-refractivity contribution in [1.29, 1.82) is 0 Å². The first-order valence-corrected chi connectivity index (χ1v) is 6.80. The van der Waals surface area contributed by atoms with Crippen molar-refractivity contribution in [2.45, 2.75) is 13.0 Å². The van der Waals surface area contributed by atoms with Crippen molar-refractivity contribution in [2.24, 2.45) is 0 Å². The van der Waals surface area contributed by atoms with Gasteiger partial charge >= 0.3 is 5.69 Å². The average molecular weight is 303 g/mol. The van der Waals surface area contributed by atoms with Crippen LogP contribution in [0.2, 0.25) is 0 Å². The minimum absolute atomic E-state index is 0.0453. The molecule has 0 aliphatic rings. The van der Waals surface area contributed by atoms with Gasteiger partial charge in [-0.1, -0.05) is 30.3 Å². The molecule has 0 spiro atoms. The average Bonchev–Trinajstić information content (AvgIpc) is 2.51. The highest BCUT2D eigenvalue weighted by molar-refractivity contribution is 5.52. The first kappa shape index (κ1) is 15.8. The van der Waals surface area contributed by atoms with Crippen LogP contribution in [0, 0.1) is 17.0 Å². The van der Waals surface area contributed by atoms with Crippen molar-refractivity contribution in [3.8, 4) is 11.5 Å². The zero-order valence-corrected chi connectivity index (χ0v) is 12.1. The zero-order chi connectivity index (χ0) is 15.9. The number of nitro benzene ring substituents is 1. The lowest BCUT2D eigenvalue weighted by Crippen LogP contribution is -2.25. The molecule has 22 heavy (non-hydrogen) atoms. The standard InChI is InChI=1S/C16H17NO5/c1-12-6-5-9-15(16(12)17(19)20)22-11-13(18)10-21-14-7-3-2-4-8-14/h2-9,13,18H,10-11H2,1H3. The second-order valence-corrected chi connectivity index (χ2v) is 4.77. The van der Waals surface area contributed by atoms with Gasteiger partial charge < -0.3 is 14.6 Å². The maximum Gasteiger partial charge on any atom is 0.313 e. The van der Waals surface area contributed by atoms with Crippen molar-refractivity contribution < 1.29 is 19.5 Å². The summed E-state index contributed by atoms with van der Waals surface area (Å²) in [5.41, 5.74) is 0.427. The number of hydrogen-bond donors (Lipinski definition) is 1. The monoisotopic (exact) mass is 303 g/mol. The van der Waals surface area contributed by atoms with E-state index in [0.29, 0.717) is 11.3 Å². The molecule has 0 heterocycles. The van der Waals surface area contributed by atoms with Crippen molar-refractivity contribution in [3.05, 3.63) is 64.2 Å². The van der Waals surface area contributed by atoms with E-state index >= 15 is 0 Å². The van der Waals surface area contributed by atoms with Crippen LogP contribution in [-0.2, 0) is 0 Å². The summed E-state index contributed by atoms with van der Waals surface area (Å²) in [4.78, 5) is 10.5. The molecular weight excluding hydrogens is 286 g/mol. The first-order valence-electron chi connectivity index (χ1n) is 6.80. The molecule has 0 aromatic heterocycles. The van der Waals surface area contributed by atoms with E-state index in [1.165, 1.54) is 6.07 Å².